The molecular formula is C6H14N4O2. The van der Waals surface area contributed by atoms with E-state index in [-0.39, 0.29) is 0 Å². The molecule has 0 unspecified atom stereocenters. The van der Waals surface area contributed by atoms with Crippen molar-refractivity contribution in [3.63, 3.8) is 0 Å². The van der Waals surface area contributed by atoms with Crippen molar-refractivity contribution >= 4 is 11.9 Å². The summed E-state index contributed by atoms with van der Waals surface area (Å²) < 4.78 is 29.4. The van der Waals surface area contributed by atoms with E-state index in [4.69, 9.17) is 27.8 Å². The summed E-state index contributed by atoms with van der Waals surface area (Å²) in [6, 6.07) is -1.75. The second-order valence-corrected chi connectivity index (χ2v) is 1.88. The molecule has 0 aliphatic heterocycles. The summed E-state index contributed by atoms with van der Waals surface area (Å²) in [7, 11) is 0. The summed E-state index contributed by atoms with van der Waals surface area (Å²) in [6.45, 7) is -1.80. The van der Waals surface area contributed by atoms with Crippen LogP contribution >= 0.6 is 0 Å². The molecule has 0 saturated carbocycles. The first-order chi connectivity index (χ1) is 7.10. The van der Waals surface area contributed by atoms with E-state index in [1.165, 1.54) is 0 Å². The fraction of sp³-hybridized carbons (Fsp3) is 0.667. The third kappa shape index (κ3) is 5.48. The zero-order valence-corrected chi connectivity index (χ0v) is 6.27. The van der Waals surface area contributed by atoms with Gasteiger partial charge in [0.2, 0.25) is 0 Å². The first-order valence-corrected chi connectivity index (χ1v) is 3.02. The zero-order chi connectivity index (χ0) is 13.1. The lowest BCUT2D eigenvalue weighted by atomic mass is 10.8. The fourth-order valence-electron chi connectivity index (χ4n) is 0.330. The molecule has 6 heteroatoms. The number of nitrogens with two attached hydrogens (primary N) is 3. The summed E-state index contributed by atoms with van der Waals surface area (Å²) in [5.74, 6) is -2.04. The SMILES string of the molecule is [2H][13C@H]([15N]=[12C]([14NH2])[14NH2])[12C]([2H])([2H])[13C@H]([2H])[13C@H]([15NH2])[13C](=O)O. The van der Waals surface area contributed by atoms with Gasteiger partial charge in [-0.25, -0.2) is 0 Å². The van der Waals surface area contributed by atoms with Crippen molar-refractivity contribution in [2.24, 2.45) is 22.2 Å². The Labute approximate surface area is 76.1 Å². The molecule has 0 saturated heterocycles. The van der Waals surface area contributed by atoms with E-state index < -0.39 is 37.3 Å². The second kappa shape index (κ2) is 5.36. The normalized spacial score (nSPS) is 23.4. The summed E-state index contributed by atoms with van der Waals surface area (Å²) in [6.07, 6.45) is -4.42. The molecule has 0 bridgehead atoms. The lowest BCUT2D eigenvalue weighted by Crippen LogP contribution is -2.30. The smallest absolute Gasteiger partial charge is 0.320 e. The molecule has 0 rings (SSSR count). The van der Waals surface area contributed by atoms with Crippen LogP contribution in [0.5, 0.6) is 0 Å². The fourth-order valence-corrected chi connectivity index (χ4v) is 0.330. The predicted molar refractivity (Wildman–Crippen MR) is 45.5 cm³/mol. The number of carboxylic acid groups (broad SMARTS) is 1. The van der Waals surface area contributed by atoms with Gasteiger partial charge in [-0.1, -0.05) is 0 Å². The number of aliphatic imine (C=N–C) groups is 1. The lowest BCUT2D eigenvalue weighted by molar-refractivity contribution is -0.138. The number of nitrogens with zero attached hydrogens (tertiary/aromatic N) is 1. The minimum Gasteiger partial charge on any atom is -0.480 e. The van der Waals surface area contributed by atoms with Crippen molar-refractivity contribution in [1.82, 2.24) is 0 Å². The molecule has 0 aromatic carbocycles. The highest BCUT2D eigenvalue weighted by atomic mass is 16.5. The first-order valence-electron chi connectivity index (χ1n) is 5.17. The molecule has 6 nitrogen and oxygen atoms in total. The molecule has 0 amide bonds. The van der Waals surface area contributed by atoms with Gasteiger partial charge in [0.05, 0.1) is 1.37 Å². The maximum atomic E-state index is 10.5. The van der Waals surface area contributed by atoms with Crippen LogP contribution in [-0.4, -0.2) is 29.6 Å². The minimum absolute atomic E-state index is 0.514. The van der Waals surface area contributed by atoms with E-state index in [9.17, 15) is 4.79 Å². The van der Waals surface area contributed by atoms with Crippen LogP contribution in [0.1, 0.15) is 18.3 Å². The Kier molecular flexibility index (Phi) is 2.40. The predicted octanol–water partition coefficient (Wildman–Crippen LogP) is -1.55. The summed E-state index contributed by atoms with van der Waals surface area (Å²) in [4.78, 5) is 13.7. The van der Waals surface area contributed by atoms with Crippen LogP contribution in [0.25, 0.3) is 0 Å². The molecule has 0 spiro atoms. The summed E-state index contributed by atoms with van der Waals surface area (Å²) in [5.41, 5.74) is 15.0. The molecule has 0 heterocycles. The number of guanidine groups is 1. The van der Waals surface area contributed by atoms with Crippen LogP contribution in [0, 0.1) is 0 Å². The molecule has 0 aromatic heterocycles. The molecule has 12 heavy (non-hydrogen) atoms. The highest BCUT2D eigenvalue weighted by Gasteiger charge is 2.09. The minimum atomic E-state index is -2.57. The Morgan fingerprint density at radius 3 is 2.67 bits per heavy atom. The maximum absolute atomic E-state index is 10.5. The van der Waals surface area contributed by atoms with E-state index in [1.54, 1.807) is 0 Å². The van der Waals surface area contributed by atoms with Crippen molar-refractivity contribution in [3.05, 3.63) is 0 Å². The van der Waals surface area contributed by atoms with Gasteiger partial charge < -0.3 is 22.3 Å². The van der Waals surface area contributed by atoms with Gasteiger partial charge in [-0.3, -0.25) is 9.79 Å². The van der Waals surface area contributed by atoms with Crippen LogP contribution in [0.15, 0.2) is 4.99 Å². The van der Waals surface area contributed by atoms with Gasteiger partial charge in [-0.2, -0.15) is 0 Å². The van der Waals surface area contributed by atoms with Crippen molar-refractivity contribution in [2.45, 2.75) is 18.8 Å². The van der Waals surface area contributed by atoms with E-state index in [2.05, 4.69) is 4.99 Å². The van der Waals surface area contributed by atoms with Gasteiger partial charge in [-0.15, -0.1) is 0 Å². The van der Waals surface area contributed by atoms with Crippen molar-refractivity contribution in [2.75, 3.05) is 6.52 Å². The van der Waals surface area contributed by atoms with Crippen molar-refractivity contribution < 1.29 is 15.4 Å². The van der Waals surface area contributed by atoms with Crippen molar-refractivity contribution in [1.29, 1.82) is 0 Å². The third-order valence-electron chi connectivity index (χ3n) is 0.849. The van der Waals surface area contributed by atoms with Crippen molar-refractivity contribution in [3.8, 4) is 0 Å². The Morgan fingerprint density at radius 2 is 2.25 bits per heavy atom. The van der Waals surface area contributed by atoms with E-state index >= 15 is 0 Å². The Morgan fingerprint density at radius 1 is 1.67 bits per heavy atom. The first kappa shape index (κ1) is 5.36. The Balaban J connectivity index is 4.90. The highest BCUT2D eigenvalue weighted by Crippen LogP contribution is 1.94. The van der Waals surface area contributed by atoms with Gasteiger partial charge in [0.1, 0.15) is 6.04 Å². The summed E-state index contributed by atoms with van der Waals surface area (Å²) >= 11 is 0. The number of rotatable bonds is 5. The molecule has 70 valence electrons. The molecule has 0 radical (unpaired) electrons. The van der Waals surface area contributed by atoms with Gasteiger partial charge >= 0.3 is 5.97 Å². The monoisotopic (exact) mass is 184 g/mol. The summed E-state index contributed by atoms with van der Waals surface area (Å²) in [5, 5.41) is 8.52. The Hall–Kier alpha value is -1.30. The molecule has 0 fully saturated rings. The van der Waals surface area contributed by atoms with Crippen LogP contribution in [-0.2, 0) is 4.79 Å². The number of hydrogen-bond donors (Lipinski definition) is 4. The topological polar surface area (TPSA) is 128 Å². The van der Waals surface area contributed by atoms with E-state index in [0.29, 0.717) is 0 Å². The standard InChI is InChI=1S/C6H14N4O2/c7-4(5(11)12)2-1-3-10-6(8)9/h4H,1-3,7H2,(H,11,12)(H4,8,9,10)/t4-/m0/s1/i1+0D2,2+1D,3+1D,4+1,5+1,6+0,7+1,8+0,9+0,10+1/t2-,3-,4-. The van der Waals surface area contributed by atoms with Crippen LogP contribution in [0.2, 0.25) is 0 Å². The molecular weight excluding hydrogens is 166 g/mol. The maximum Gasteiger partial charge on any atom is 0.320 e. The molecule has 7 N–H and O–H groups in total. The number of carbonyl (C=O) groups is 1. The quantitative estimate of drug-likeness (QED) is 0.178. The van der Waals surface area contributed by atoms with Crippen LogP contribution in [0.3, 0.4) is 0 Å². The molecule has 0 aliphatic carbocycles. The van der Waals surface area contributed by atoms with E-state index in [1.807, 2.05) is 0 Å². The third-order valence-corrected chi connectivity index (χ3v) is 0.849. The number of carboxylic acids is 1. The van der Waals surface area contributed by atoms with Gasteiger partial charge in [0.15, 0.2) is 5.96 Å². The van der Waals surface area contributed by atoms with Gasteiger partial charge in [0, 0.05) is 10.6 Å². The number of hydrogen-bond acceptors (Lipinski definition) is 3. The lowest BCUT2D eigenvalue weighted by Gasteiger charge is -2.03. The second-order valence-electron chi connectivity index (χ2n) is 1.88. The zero-order valence-electron chi connectivity index (χ0n) is 10.3. The average Bonchev–Trinajstić information content (AvgIpc) is 2.14. The van der Waals surface area contributed by atoms with Gasteiger partial charge in [0.25, 0.3) is 0 Å². The Bertz CT molecular complexity index is 294. The molecule has 3 atom stereocenters. The largest absolute Gasteiger partial charge is 0.480 e. The van der Waals surface area contributed by atoms with Crippen LogP contribution < -0.4 is 17.2 Å². The average molecular weight is 184 g/mol. The van der Waals surface area contributed by atoms with E-state index in [0.717, 1.165) is 0 Å². The van der Waals surface area contributed by atoms with Crippen LogP contribution in [0.4, 0.5) is 0 Å². The van der Waals surface area contributed by atoms with Gasteiger partial charge in [-0.05, 0) is 12.8 Å². The number of aliphatic carboxylic acids is 1. The molecule has 0 aromatic rings. The molecule has 0 aliphatic rings. The highest BCUT2D eigenvalue weighted by molar-refractivity contribution is 5.75.